The van der Waals surface area contributed by atoms with Crippen LogP contribution < -0.4 is 9.47 Å². The molecule has 0 N–H and O–H groups in total. The minimum atomic E-state index is -2.87. The van der Waals surface area contributed by atoms with Crippen LogP contribution in [0, 0.1) is 0 Å². The van der Waals surface area contributed by atoms with Crippen LogP contribution in [0.15, 0.2) is 46.8 Å². The number of esters is 1. The first-order chi connectivity index (χ1) is 15.8. The van der Waals surface area contributed by atoms with Crippen LogP contribution in [0.4, 0.5) is 5.69 Å². The summed E-state index contributed by atoms with van der Waals surface area (Å²) in [6.07, 6.45) is 0. The highest BCUT2D eigenvalue weighted by atomic mass is 32.2. The van der Waals surface area contributed by atoms with Gasteiger partial charge >= 0.3 is 16.5 Å². The maximum atomic E-state index is 12.8. The van der Waals surface area contributed by atoms with E-state index >= 15 is 0 Å². The van der Waals surface area contributed by atoms with E-state index in [1.54, 1.807) is 25.1 Å². The Balaban J connectivity index is 2.56. The number of hydrogen-bond donors (Lipinski definition) is 0. The number of nitrogens with zero attached hydrogens (tertiary/aromatic N) is 3. The first-order valence-electron chi connectivity index (χ1n) is 10.3. The second kappa shape index (κ2) is 10.3. The van der Waals surface area contributed by atoms with Crippen molar-refractivity contribution in [1.82, 2.24) is 9.78 Å². The Morgan fingerprint density at radius 3 is 2.24 bits per heavy atom. The molecule has 3 rings (SSSR count). The van der Waals surface area contributed by atoms with Crippen LogP contribution in [0.25, 0.3) is 16.9 Å². The minimum absolute atomic E-state index is 0.0848. The standard InChI is InChI=1S/C23H25N3O6S/c1-6-32-23(27)21-20(25-33(28)29)22(19-17(30-4)12-9-13-18(19)31-5)26(24-21)16-11-8-7-10-15(16)14(2)3/h7-14H,6H2,1-5H3. The van der Waals surface area contributed by atoms with Crippen LogP contribution in [0.3, 0.4) is 0 Å². The topological polar surface area (TPSA) is 109 Å². The second-order valence-electron chi connectivity index (χ2n) is 7.24. The molecule has 1 heterocycles. The fourth-order valence-corrected chi connectivity index (χ4v) is 3.88. The fraction of sp³-hybridized carbons (Fsp3) is 0.304. The van der Waals surface area contributed by atoms with Gasteiger partial charge in [0.15, 0.2) is 5.69 Å². The van der Waals surface area contributed by atoms with Gasteiger partial charge in [-0.3, -0.25) is 0 Å². The van der Waals surface area contributed by atoms with Crippen LogP contribution in [0.5, 0.6) is 11.5 Å². The van der Waals surface area contributed by atoms with Crippen LogP contribution in [-0.4, -0.2) is 45.0 Å². The zero-order chi connectivity index (χ0) is 24.1. The van der Waals surface area contributed by atoms with E-state index in [-0.39, 0.29) is 29.6 Å². The van der Waals surface area contributed by atoms with Gasteiger partial charge in [0, 0.05) is 0 Å². The monoisotopic (exact) mass is 471 g/mol. The van der Waals surface area contributed by atoms with Crippen LogP contribution in [0.2, 0.25) is 0 Å². The highest BCUT2D eigenvalue weighted by Gasteiger charge is 2.31. The Kier molecular flexibility index (Phi) is 7.49. The van der Waals surface area contributed by atoms with E-state index in [9.17, 15) is 13.2 Å². The Morgan fingerprint density at radius 2 is 1.70 bits per heavy atom. The molecule has 0 atom stereocenters. The summed E-state index contributed by atoms with van der Waals surface area (Å²) >= 11 is 0. The molecule has 2 aromatic carbocycles. The van der Waals surface area contributed by atoms with Gasteiger partial charge in [-0.1, -0.05) is 38.1 Å². The molecule has 10 heteroatoms. The normalized spacial score (nSPS) is 10.7. The molecule has 0 unspecified atom stereocenters. The van der Waals surface area contributed by atoms with Gasteiger partial charge in [0.1, 0.15) is 22.9 Å². The quantitative estimate of drug-likeness (QED) is 0.443. The molecule has 1 aromatic heterocycles. The van der Waals surface area contributed by atoms with Crippen molar-refractivity contribution < 1.29 is 27.4 Å². The summed E-state index contributed by atoms with van der Waals surface area (Å²) in [5.41, 5.74) is 1.81. The van der Waals surface area contributed by atoms with Gasteiger partial charge in [-0.2, -0.15) is 13.5 Å². The molecule has 0 saturated heterocycles. The average molecular weight is 472 g/mol. The molecule has 0 fully saturated rings. The van der Waals surface area contributed by atoms with E-state index in [1.165, 1.54) is 18.9 Å². The van der Waals surface area contributed by atoms with Crippen molar-refractivity contribution >= 4 is 22.2 Å². The van der Waals surface area contributed by atoms with Gasteiger partial charge in [-0.05, 0) is 36.6 Å². The van der Waals surface area contributed by atoms with Crippen molar-refractivity contribution in [2.75, 3.05) is 20.8 Å². The molecule has 0 spiro atoms. The van der Waals surface area contributed by atoms with Crippen LogP contribution in [0.1, 0.15) is 42.7 Å². The highest BCUT2D eigenvalue weighted by Crippen LogP contribution is 2.46. The summed E-state index contributed by atoms with van der Waals surface area (Å²) in [6, 6.07) is 12.6. The van der Waals surface area contributed by atoms with Crippen molar-refractivity contribution in [3.63, 3.8) is 0 Å². The molecular weight excluding hydrogens is 446 g/mol. The molecular formula is C23H25N3O6S. The lowest BCUT2D eigenvalue weighted by Gasteiger charge is -2.18. The van der Waals surface area contributed by atoms with E-state index in [2.05, 4.69) is 9.46 Å². The van der Waals surface area contributed by atoms with Crippen molar-refractivity contribution in [3.8, 4) is 28.4 Å². The summed E-state index contributed by atoms with van der Waals surface area (Å²) in [5, 5.41) is 4.49. The highest BCUT2D eigenvalue weighted by molar-refractivity contribution is 7.61. The fourth-order valence-electron chi connectivity index (χ4n) is 3.56. The Bertz CT molecular complexity index is 1280. The largest absolute Gasteiger partial charge is 0.496 e. The molecule has 0 aliphatic heterocycles. The molecule has 0 aliphatic carbocycles. The maximum Gasteiger partial charge on any atom is 0.361 e. The molecule has 3 aromatic rings. The number of carbonyl (C=O) groups is 1. The molecule has 0 aliphatic rings. The molecule has 33 heavy (non-hydrogen) atoms. The molecule has 0 saturated carbocycles. The molecule has 0 bridgehead atoms. The Morgan fingerprint density at radius 1 is 1.06 bits per heavy atom. The lowest BCUT2D eigenvalue weighted by Crippen LogP contribution is -2.08. The zero-order valence-electron chi connectivity index (χ0n) is 19.0. The molecule has 0 amide bonds. The second-order valence-corrected chi connectivity index (χ2v) is 7.85. The number of ether oxygens (including phenoxy) is 3. The number of rotatable bonds is 8. The third kappa shape index (κ3) is 4.75. The Labute approximate surface area is 193 Å². The number of methoxy groups -OCH3 is 2. The third-order valence-corrected chi connectivity index (χ3v) is 5.28. The molecule has 174 valence electrons. The number of carbonyl (C=O) groups excluding carboxylic acids is 1. The average Bonchev–Trinajstić information content (AvgIpc) is 3.16. The van der Waals surface area contributed by atoms with E-state index < -0.39 is 16.5 Å². The first kappa shape index (κ1) is 24.0. The smallest absolute Gasteiger partial charge is 0.361 e. The summed E-state index contributed by atoms with van der Waals surface area (Å²) in [5.74, 6) is 0.0950. The van der Waals surface area contributed by atoms with Gasteiger partial charge in [0.2, 0.25) is 0 Å². The van der Waals surface area contributed by atoms with E-state index in [0.29, 0.717) is 22.7 Å². The van der Waals surface area contributed by atoms with E-state index in [4.69, 9.17) is 14.2 Å². The molecule has 0 radical (unpaired) electrons. The van der Waals surface area contributed by atoms with Crippen LogP contribution >= 0.6 is 0 Å². The van der Waals surface area contributed by atoms with Crippen molar-refractivity contribution in [3.05, 3.63) is 53.7 Å². The summed E-state index contributed by atoms with van der Waals surface area (Å²) in [6.45, 7) is 5.78. The first-order valence-corrected chi connectivity index (χ1v) is 11.3. The van der Waals surface area contributed by atoms with Gasteiger partial charge in [0.25, 0.3) is 0 Å². The zero-order valence-corrected chi connectivity index (χ0v) is 19.8. The van der Waals surface area contributed by atoms with Crippen molar-refractivity contribution in [2.24, 2.45) is 4.36 Å². The minimum Gasteiger partial charge on any atom is -0.496 e. The summed E-state index contributed by atoms with van der Waals surface area (Å²) in [7, 11) is 0.0906. The van der Waals surface area contributed by atoms with Crippen molar-refractivity contribution in [2.45, 2.75) is 26.7 Å². The predicted molar refractivity (Wildman–Crippen MR) is 123 cm³/mol. The third-order valence-electron chi connectivity index (χ3n) is 4.95. The van der Waals surface area contributed by atoms with Gasteiger partial charge < -0.3 is 14.2 Å². The van der Waals surface area contributed by atoms with Crippen molar-refractivity contribution in [1.29, 1.82) is 0 Å². The van der Waals surface area contributed by atoms with E-state index in [0.717, 1.165) is 5.56 Å². The van der Waals surface area contributed by atoms with Gasteiger partial charge in [-0.25, -0.2) is 9.48 Å². The number of hydrogen-bond acceptors (Lipinski definition) is 8. The maximum absolute atomic E-state index is 12.8. The van der Waals surface area contributed by atoms with Gasteiger partial charge in [0.05, 0.1) is 32.1 Å². The van der Waals surface area contributed by atoms with Gasteiger partial charge in [-0.15, -0.1) is 4.36 Å². The number of aromatic nitrogens is 2. The lowest BCUT2D eigenvalue weighted by atomic mass is 10.0. The summed E-state index contributed by atoms with van der Waals surface area (Å²) < 4.78 is 44.9. The summed E-state index contributed by atoms with van der Waals surface area (Å²) in [4.78, 5) is 12.8. The predicted octanol–water partition coefficient (Wildman–Crippen LogP) is 4.55. The molecule has 9 nitrogen and oxygen atoms in total. The number of para-hydroxylation sites is 1. The Hall–Kier alpha value is -3.66. The van der Waals surface area contributed by atoms with Crippen LogP contribution in [-0.2, 0) is 15.2 Å². The van der Waals surface area contributed by atoms with E-state index in [1.807, 2.05) is 38.1 Å². The SMILES string of the molecule is CCOC(=O)c1nn(-c2ccccc2C(C)C)c(-c2c(OC)cccc2OC)c1N=S(=O)=O. The number of benzene rings is 2. The lowest BCUT2D eigenvalue weighted by molar-refractivity contribution is 0.0520.